The Kier molecular flexibility index (Phi) is 8.72. The first-order valence-corrected chi connectivity index (χ1v) is 8.17. The van der Waals surface area contributed by atoms with Crippen molar-refractivity contribution in [1.29, 1.82) is 0 Å². The van der Waals surface area contributed by atoms with Crippen LogP contribution in [0.2, 0.25) is 0 Å². The molecule has 2 atom stereocenters. The molecule has 1 rings (SSSR count). The van der Waals surface area contributed by atoms with Crippen molar-refractivity contribution < 1.29 is 19.4 Å². The third-order valence-corrected chi connectivity index (χ3v) is 3.46. The Hall–Kier alpha value is -2.20. The normalized spacial score (nSPS) is 14.2. The fraction of sp³-hybridized carbons (Fsp3) is 0.400. The van der Waals surface area contributed by atoms with Crippen molar-refractivity contribution in [1.82, 2.24) is 0 Å². The van der Waals surface area contributed by atoms with Gasteiger partial charge < -0.3 is 9.84 Å². The lowest BCUT2D eigenvalue weighted by molar-refractivity contribution is -0.138. The summed E-state index contributed by atoms with van der Waals surface area (Å²) in [6, 6.07) is 7.20. The minimum absolute atomic E-state index is 0.0629. The van der Waals surface area contributed by atoms with Crippen LogP contribution in [0.3, 0.4) is 0 Å². The summed E-state index contributed by atoms with van der Waals surface area (Å²) in [4.78, 5) is 22.0. The molecule has 0 aliphatic heterocycles. The number of hydrogen-bond acceptors (Lipinski definition) is 4. The summed E-state index contributed by atoms with van der Waals surface area (Å²) < 4.78 is 5.02. The third-order valence-electron chi connectivity index (χ3n) is 3.46. The monoisotopic (exact) mass is 330 g/mol. The standard InChI is InChI=1S/C20H26O4/c1-15(2)14-24-20(23)6-4-5-19(22)16(3)7-8-17-9-11-18(13-21)12-10-17/h4,6-13,15-16,19,22H,5,14H2,1-3H3/b6-4+,8-7+/t16?,19-/m0/s1. The molecular weight excluding hydrogens is 304 g/mol. The number of carbonyl (C=O) groups is 2. The molecule has 0 radical (unpaired) electrons. The van der Waals surface area contributed by atoms with Gasteiger partial charge in [0.25, 0.3) is 0 Å². The van der Waals surface area contributed by atoms with E-state index in [2.05, 4.69) is 0 Å². The zero-order valence-corrected chi connectivity index (χ0v) is 14.5. The maximum absolute atomic E-state index is 11.4. The molecule has 0 bridgehead atoms. The van der Waals surface area contributed by atoms with E-state index >= 15 is 0 Å². The first-order valence-electron chi connectivity index (χ1n) is 8.17. The lowest BCUT2D eigenvalue weighted by Gasteiger charge is -2.13. The van der Waals surface area contributed by atoms with Crippen LogP contribution in [-0.4, -0.2) is 30.1 Å². The molecule has 0 aliphatic carbocycles. The van der Waals surface area contributed by atoms with Crippen LogP contribution in [0.1, 0.15) is 43.1 Å². The van der Waals surface area contributed by atoms with E-state index in [4.69, 9.17) is 4.74 Å². The maximum atomic E-state index is 11.4. The summed E-state index contributed by atoms with van der Waals surface area (Å²) in [5.41, 5.74) is 1.60. The average molecular weight is 330 g/mol. The molecule has 0 saturated carbocycles. The zero-order valence-electron chi connectivity index (χ0n) is 14.5. The highest BCUT2D eigenvalue weighted by Crippen LogP contribution is 2.13. The van der Waals surface area contributed by atoms with Crippen molar-refractivity contribution in [2.24, 2.45) is 11.8 Å². The average Bonchev–Trinajstić information content (AvgIpc) is 2.58. The number of benzene rings is 1. The second kappa shape index (κ2) is 10.6. The predicted molar refractivity (Wildman–Crippen MR) is 95.6 cm³/mol. The lowest BCUT2D eigenvalue weighted by Crippen LogP contribution is -2.14. The van der Waals surface area contributed by atoms with E-state index < -0.39 is 6.10 Å². The highest BCUT2D eigenvalue weighted by atomic mass is 16.5. The first kappa shape index (κ1) is 19.8. The summed E-state index contributed by atoms with van der Waals surface area (Å²) in [5.74, 6) is -0.139. The minimum Gasteiger partial charge on any atom is -0.462 e. The zero-order chi connectivity index (χ0) is 17.9. The van der Waals surface area contributed by atoms with Crippen LogP contribution in [0.25, 0.3) is 6.08 Å². The van der Waals surface area contributed by atoms with Crippen LogP contribution >= 0.6 is 0 Å². The van der Waals surface area contributed by atoms with E-state index in [9.17, 15) is 14.7 Å². The molecule has 1 N–H and O–H groups in total. The van der Waals surface area contributed by atoms with Gasteiger partial charge in [-0.15, -0.1) is 0 Å². The summed E-state index contributed by atoms with van der Waals surface area (Å²) in [6.45, 7) is 6.25. The van der Waals surface area contributed by atoms with Crippen molar-refractivity contribution >= 4 is 18.3 Å². The quantitative estimate of drug-likeness (QED) is 0.426. The lowest BCUT2D eigenvalue weighted by atomic mass is 10.00. The second-order valence-electron chi connectivity index (χ2n) is 6.23. The Balaban J connectivity index is 2.43. The number of aliphatic hydroxyl groups excluding tert-OH is 1. The van der Waals surface area contributed by atoms with Crippen LogP contribution in [0.4, 0.5) is 0 Å². The van der Waals surface area contributed by atoms with E-state index in [1.54, 1.807) is 18.2 Å². The summed E-state index contributed by atoms with van der Waals surface area (Å²) in [6.07, 6.45) is 7.42. The van der Waals surface area contributed by atoms with Gasteiger partial charge in [0.1, 0.15) is 6.29 Å². The predicted octanol–water partition coefficient (Wildman–Crippen LogP) is 3.65. The number of rotatable bonds is 9. The molecule has 1 aromatic rings. The van der Waals surface area contributed by atoms with Gasteiger partial charge in [0.2, 0.25) is 0 Å². The molecule has 0 spiro atoms. The van der Waals surface area contributed by atoms with E-state index in [0.717, 1.165) is 11.8 Å². The smallest absolute Gasteiger partial charge is 0.330 e. The van der Waals surface area contributed by atoms with Crippen molar-refractivity contribution in [2.45, 2.75) is 33.3 Å². The molecule has 0 heterocycles. The molecule has 0 aliphatic rings. The van der Waals surface area contributed by atoms with Gasteiger partial charge in [-0.2, -0.15) is 0 Å². The van der Waals surface area contributed by atoms with E-state index in [-0.39, 0.29) is 11.9 Å². The number of aliphatic hydroxyl groups is 1. The molecule has 4 nitrogen and oxygen atoms in total. The van der Waals surface area contributed by atoms with Crippen LogP contribution < -0.4 is 0 Å². The Morgan fingerprint density at radius 2 is 1.79 bits per heavy atom. The van der Waals surface area contributed by atoms with Crippen molar-refractivity contribution in [3.63, 3.8) is 0 Å². The van der Waals surface area contributed by atoms with Crippen LogP contribution in [0.5, 0.6) is 0 Å². The molecule has 130 valence electrons. The van der Waals surface area contributed by atoms with E-state index in [1.165, 1.54) is 6.08 Å². The Labute approximate surface area is 143 Å². The summed E-state index contributed by atoms with van der Waals surface area (Å²) >= 11 is 0. The molecular formula is C20H26O4. The Bertz CT molecular complexity index is 570. The van der Waals surface area contributed by atoms with Gasteiger partial charge in [0, 0.05) is 17.6 Å². The van der Waals surface area contributed by atoms with Gasteiger partial charge in [-0.05, 0) is 17.9 Å². The molecule has 0 fully saturated rings. The fourth-order valence-corrected chi connectivity index (χ4v) is 1.89. The number of ether oxygens (including phenoxy) is 1. The first-order chi connectivity index (χ1) is 11.4. The highest BCUT2D eigenvalue weighted by molar-refractivity contribution is 5.81. The van der Waals surface area contributed by atoms with E-state index in [1.807, 2.05) is 45.1 Å². The number of esters is 1. The Morgan fingerprint density at radius 1 is 1.17 bits per heavy atom. The largest absolute Gasteiger partial charge is 0.462 e. The van der Waals surface area contributed by atoms with Crippen molar-refractivity contribution in [3.8, 4) is 0 Å². The molecule has 4 heteroatoms. The SMILES string of the molecule is CC(C)COC(=O)/C=C/C[C@H](O)C(C)/C=C/c1ccc(C=O)cc1. The topological polar surface area (TPSA) is 63.6 Å². The molecule has 1 unspecified atom stereocenters. The molecule has 0 amide bonds. The summed E-state index contributed by atoms with van der Waals surface area (Å²) in [7, 11) is 0. The summed E-state index contributed by atoms with van der Waals surface area (Å²) in [5, 5.41) is 10.1. The minimum atomic E-state index is -0.579. The van der Waals surface area contributed by atoms with Gasteiger partial charge in [-0.25, -0.2) is 4.79 Å². The van der Waals surface area contributed by atoms with Gasteiger partial charge in [0.15, 0.2) is 0 Å². The Morgan fingerprint density at radius 3 is 2.38 bits per heavy atom. The number of hydrogen-bond donors (Lipinski definition) is 1. The maximum Gasteiger partial charge on any atom is 0.330 e. The van der Waals surface area contributed by atoms with Crippen LogP contribution in [-0.2, 0) is 9.53 Å². The second-order valence-corrected chi connectivity index (χ2v) is 6.23. The van der Waals surface area contributed by atoms with Gasteiger partial charge in [-0.3, -0.25) is 4.79 Å². The van der Waals surface area contributed by atoms with E-state index in [0.29, 0.717) is 24.5 Å². The molecule has 1 aromatic carbocycles. The van der Waals surface area contributed by atoms with Gasteiger partial charge in [-0.1, -0.05) is 63.3 Å². The van der Waals surface area contributed by atoms with Crippen LogP contribution in [0.15, 0.2) is 42.5 Å². The fourth-order valence-electron chi connectivity index (χ4n) is 1.89. The highest BCUT2D eigenvalue weighted by Gasteiger charge is 2.09. The molecule has 0 saturated heterocycles. The number of aldehydes is 1. The number of carbonyl (C=O) groups excluding carboxylic acids is 2. The van der Waals surface area contributed by atoms with Gasteiger partial charge >= 0.3 is 5.97 Å². The third kappa shape index (κ3) is 7.88. The molecule has 0 aromatic heterocycles. The van der Waals surface area contributed by atoms with Crippen molar-refractivity contribution in [2.75, 3.05) is 6.61 Å². The van der Waals surface area contributed by atoms with Crippen molar-refractivity contribution in [3.05, 3.63) is 53.6 Å². The van der Waals surface area contributed by atoms with Crippen LogP contribution in [0, 0.1) is 11.8 Å². The van der Waals surface area contributed by atoms with Gasteiger partial charge in [0.05, 0.1) is 12.7 Å². The molecule has 24 heavy (non-hydrogen) atoms.